The Labute approximate surface area is 237 Å². The third-order valence-corrected chi connectivity index (χ3v) is 9.75. The number of sulfone groups is 1. The maximum Gasteiger partial charge on any atom is 0.407 e. The Bertz CT molecular complexity index is 1230. The minimum atomic E-state index is -3.38. The van der Waals surface area contributed by atoms with Crippen LogP contribution >= 0.6 is 0 Å². The fraction of sp³-hybridized carbons (Fsp3) is 0.533. The zero-order chi connectivity index (χ0) is 29.6. The first-order chi connectivity index (χ1) is 18.7. The smallest absolute Gasteiger partial charge is 0.407 e. The Morgan fingerprint density at radius 3 is 2.00 bits per heavy atom. The first-order valence-corrected chi connectivity index (χ1v) is 15.3. The van der Waals surface area contributed by atoms with Crippen LogP contribution in [0.2, 0.25) is 0 Å². The number of carbonyl (C=O) groups excluding carboxylic acids is 2. The van der Waals surface area contributed by atoms with Crippen LogP contribution in [-0.4, -0.2) is 66.1 Å². The summed E-state index contributed by atoms with van der Waals surface area (Å²) in [4.78, 5) is 25.6. The molecule has 2 aromatic rings. The molecule has 1 heterocycles. The summed E-state index contributed by atoms with van der Waals surface area (Å²) in [6.45, 7) is 8.41. The van der Waals surface area contributed by atoms with E-state index < -0.39 is 56.7 Å². The average Bonchev–Trinajstić information content (AvgIpc) is 3.05. The van der Waals surface area contributed by atoms with Gasteiger partial charge < -0.3 is 25.2 Å². The van der Waals surface area contributed by atoms with Gasteiger partial charge in [0.1, 0.15) is 16.5 Å². The molecule has 0 saturated carbocycles. The topological polar surface area (TPSA) is 131 Å². The molecule has 3 rings (SSSR count). The zero-order valence-electron chi connectivity index (χ0n) is 23.9. The van der Waals surface area contributed by atoms with Crippen LogP contribution < -0.4 is 10.6 Å². The highest BCUT2D eigenvalue weighted by Crippen LogP contribution is 2.34. The van der Waals surface area contributed by atoms with Crippen LogP contribution in [0.4, 0.5) is 9.59 Å². The van der Waals surface area contributed by atoms with E-state index in [-0.39, 0.29) is 18.6 Å². The number of hydrogen-bond acceptors (Lipinski definition) is 7. The Morgan fingerprint density at radius 1 is 0.950 bits per heavy atom. The zero-order valence-corrected chi connectivity index (χ0v) is 24.7. The molecule has 2 amide bonds. The molecule has 0 aliphatic carbocycles. The Hall–Kier alpha value is -3.11. The Kier molecular flexibility index (Phi) is 10.2. The number of amides is 2. The number of alkyl carbamates (subject to hydrolysis) is 2. The second-order valence-electron chi connectivity index (χ2n) is 11.9. The summed E-state index contributed by atoms with van der Waals surface area (Å²) in [6, 6.07) is 17.7. The number of ether oxygens (including phenoxy) is 2. The van der Waals surface area contributed by atoms with E-state index in [1.165, 1.54) is 0 Å². The monoisotopic (exact) mass is 574 g/mol. The van der Waals surface area contributed by atoms with Crippen LogP contribution in [0.25, 0.3) is 0 Å². The molecule has 0 spiro atoms. The van der Waals surface area contributed by atoms with Crippen LogP contribution in [0.5, 0.6) is 0 Å². The van der Waals surface area contributed by atoms with Gasteiger partial charge in [-0.05, 0) is 71.4 Å². The van der Waals surface area contributed by atoms with Gasteiger partial charge in [-0.15, -0.1) is 0 Å². The van der Waals surface area contributed by atoms with E-state index in [0.29, 0.717) is 12.8 Å². The number of aliphatic hydroxyl groups excluding tert-OH is 1. The van der Waals surface area contributed by atoms with E-state index >= 15 is 0 Å². The standard InChI is InChI=1S/C30H42N2O7S/c1-29(2,3)39-28(35)32-24(19-22-14-10-7-11-15-22)25(33)20-23(18-21-12-8-6-9-13-21)31-27(34)38-26-16-17-40(36,37)30(26,4)5/h6-15,23-26,33H,16-20H2,1-5H3,(H,31,34)(H,32,35)/t23-,24-,25-,26+/m0/s1. The normalized spacial score (nSPS) is 20.1. The van der Waals surface area contributed by atoms with Crippen LogP contribution in [0.3, 0.4) is 0 Å². The molecule has 9 nitrogen and oxygen atoms in total. The van der Waals surface area contributed by atoms with Gasteiger partial charge in [-0.25, -0.2) is 18.0 Å². The number of hydrogen-bond donors (Lipinski definition) is 3. The van der Waals surface area contributed by atoms with Gasteiger partial charge in [-0.1, -0.05) is 60.7 Å². The summed E-state index contributed by atoms with van der Waals surface area (Å²) in [6.07, 6.45) is -2.16. The molecule has 1 aliphatic heterocycles. The number of nitrogens with one attached hydrogen (secondary N) is 2. The first-order valence-electron chi connectivity index (χ1n) is 13.6. The maximum atomic E-state index is 13.0. The van der Waals surface area contributed by atoms with Gasteiger partial charge in [0.2, 0.25) is 0 Å². The summed E-state index contributed by atoms with van der Waals surface area (Å²) in [7, 11) is -3.38. The Balaban J connectivity index is 1.77. The lowest BCUT2D eigenvalue weighted by atomic mass is 9.94. The van der Waals surface area contributed by atoms with E-state index in [9.17, 15) is 23.1 Å². The van der Waals surface area contributed by atoms with Gasteiger partial charge >= 0.3 is 12.2 Å². The highest BCUT2D eigenvalue weighted by Gasteiger charge is 2.50. The minimum Gasteiger partial charge on any atom is -0.445 e. The first kappa shape index (κ1) is 31.4. The molecule has 10 heteroatoms. The molecule has 0 unspecified atom stereocenters. The molecule has 0 bridgehead atoms. The summed E-state index contributed by atoms with van der Waals surface area (Å²) in [5, 5.41) is 17.0. The van der Waals surface area contributed by atoms with Crippen LogP contribution in [0, 0.1) is 0 Å². The Morgan fingerprint density at radius 2 is 1.50 bits per heavy atom. The highest BCUT2D eigenvalue weighted by molar-refractivity contribution is 7.93. The van der Waals surface area contributed by atoms with Crippen molar-refractivity contribution in [2.45, 2.75) is 94.9 Å². The van der Waals surface area contributed by atoms with Crippen molar-refractivity contribution in [1.82, 2.24) is 10.6 Å². The number of benzene rings is 2. The second kappa shape index (κ2) is 13.0. The molecule has 0 aromatic heterocycles. The van der Waals surface area contributed by atoms with Gasteiger partial charge in [0, 0.05) is 6.04 Å². The predicted molar refractivity (Wildman–Crippen MR) is 154 cm³/mol. The maximum absolute atomic E-state index is 13.0. The van der Waals surface area contributed by atoms with E-state index in [2.05, 4.69) is 10.6 Å². The van der Waals surface area contributed by atoms with Crippen LogP contribution in [-0.2, 0) is 32.2 Å². The van der Waals surface area contributed by atoms with Crippen molar-refractivity contribution in [2.75, 3.05) is 5.75 Å². The second-order valence-corrected chi connectivity index (χ2v) is 14.6. The van der Waals surface area contributed by atoms with Crippen molar-refractivity contribution in [2.24, 2.45) is 0 Å². The third-order valence-electron chi connectivity index (χ3n) is 7.11. The van der Waals surface area contributed by atoms with Crippen molar-refractivity contribution in [3.63, 3.8) is 0 Å². The third kappa shape index (κ3) is 8.96. The molecule has 0 radical (unpaired) electrons. The van der Waals surface area contributed by atoms with Crippen molar-refractivity contribution in [1.29, 1.82) is 0 Å². The van der Waals surface area contributed by atoms with E-state index in [4.69, 9.17) is 9.47 Å². The fourth-order valence-corrected chi connectivity index (χ4v) is 6.38. The summed E-state index contributed by atoms with van der Waals surface area (Å²) < 4.78 is 34.6. The number of carbonyl (C=O) groups is 2. The highest BCUT2D eigenvalue weighted by atomic mass is 32.2. The van der Waals surface area contributed by atoms with Crippen LogP contribution in [0.1, 0.15) is 58.6 Å². The summed E-state index contributed by atoms with van der Waals surface area (Å²) in [5.74, 6) is -0.0401. The predicted octanol–water partition coefficient (Wildman–Crippen LogP) is 4.18. The molecule has 4 atom stereocenters. The average molecular weight is 575 g/mol. The van der Waals surface area contributed by atoms with Gasteiger partial charge in [-0.3, -0.25) is 0 Å². The lowest BCUT2D eigenvalue weighted by molar-refractivity contribution is 0.0391. The molecule has 3 N–H and O–H groups in total. The van der Waals surface area contributed by atoms with Crippen molar-refractivity contribution < 1.29 is 32.6 Å². The fourth-order valence-electron chi connectivity index (χ4n) is 4.76. The lowest BCUT2D eigenvalue weighted by Crippen LogP contribution is -2.50. The largest absolute Gasteiger partial charge is 0.445 e. The molecule has 220 valence electrons. The molecule has 40 heavy (non-hydrogen) atoms. The van der Waals surface area contributed by atoms with E-state index in [0.717, 1.165) is 11.1 Å². The molecule has 1 aliphatic rings. The molecular formula is C30H42N2O7S. The van der Waals surface area contributed by atoms with Gasteiger partial charge in [0.15, 0.2) is 9.84 Å². The number of rotatable bonds is 10. The molecule has 1 fully saturated rings. The summed E-state index contributed by atoms with van der Waals surface area (Å²) >= 11 is 0. The van der Waals surface area contributed by atoms with Gasteiger partial charge in [0.25, 0.3) is 0 Å². The van der Waals surface area contributed by atoms with E-state index in [1.807, 2.05) is 60.7 Å². The SMILES string of the molecule is CC(C)(C)OC(=O)N[C@@H](Cc1ccccc1)[C@@H](O)C[C@H](Cc1ccccc1)NC(=O)O[C@@H]1CCS(=O)(=O)C1(C)C. The van der Waals surface area contributed by atoms with Gasteiger partial charge in [-0.2, -0.15) is 0 Å². The van der Waals surface area contributed by atoms with Crippen molar-refractivity contribution in [3.8, 4) is 0 Å². The molecular weight excluding hydrogens is 532 g/mol. The lowest BCUT2D eigenvalue weighted by Gasteiger charge is -2.30. The quantitative estimate of drug-likeness (QED) is 0.388. The van der Waals surface area contributed by atoms with Crippen molar-refractivity contribution in [3.05, 3.63) is 71.8 Å². The van der Waals surface area contributed by atoms with Gasteiger partial charge in [0.05, 0.1) is 17.9 Å². The van der Waals surface area contributed by atoms with E-state index in [1.54, 1.807) is 34.6 Å². The number of aliphatic hydroxyl groups is 1. The van der Waals surface area contributed by atoms with Crippen LogP contribution in [0.15, 0.2) is 60.7 Å². The molecule has 1 saturated heterocycles. The minimum absolute atomic E-state index is 0.0401. The molecule has 2 aromatic carbocycles. The summed E-state index contributed by atoms with van der Waals surface area (Å²) in [5.41, 5.74) is 1.14. The van der Waals surface area contributed by atoms with Crippen molar-refractivity contribution >= 4 is 22.0 Å².